The van der Waals surface area contributed by atoms with Crippen molar-refractivity contribution in [1.82, 2.24) is 9.55 Å². The molecule has 96 valence electrons. The third-order valence-electron chi connectivity index (χ3n) is 2.91. The highest BCUT2D eigenvalue weighted by Gasteiger charge is 2.03. The third kappa shape index (κ3) is 3.20. The first-order valence-electron chi connectivity index (χ1n) is 6.50. The second-order valence-corrected chi connectivity index (χ2v) is 5.08. The first-order chi connectivity index (χ1) is 8.69. The van der Waals surface area contributed by atoms with Gasteiger partial charge in [-0.05, 0) is 17.9 Å². The Kier molecular flexibility index (Phi) is 4.15. The molecular weight excluding hydrogens is 222 g/mol. The van der Waals surface area contributed by atoms with Crippen molar-refractivity contribution in [3.05, 3.63) is 42.4 Å². The molecule has 1 heterocycles. The van der Waals surface area contributed by atoms with E-state index in [9.17, 15) is 0 Å². The Hall–Kier alpha value is -1.61. The van der Waals surface area contributed by atoms with Crippen LogP contribution in [0.25, 0.3) is 11.3 Å². The van der Waals surface area contributed by atoms with Crippen LogP contribution in [-0.2, 0) is 13.0 Å². The summed E-state index contributed by atoms with van der Waals surface area (Å²) in [6, 6.07) is 8.67. The molecule has 1 aromatic heterocycles. The van der Waals surface area contributed by atoms with Gasteiger partial charge in [-0.15, -0.1) is 0 Å². The second kappa shape index (κ2) is 5.83. The number of nitrogens with zero attached hydrogens (tertiary/aromatic N) is 2. The van der Waals surface area contributed by atoms with Crippen molar-refractivity contribution < 1.29 is 0 Å². The average molecular weight is 243 g/mol. The van der Waals surface area contributed by atoms with E-state index in [1.54, 1.807) is 0 Å². The van der Waals surface area contributed by atoms with Crippen LogP contribution in [0.4, 0.5) is 0 Å². The van der Waals surface area contributed by atoms with Crippen molar-refractivity contribution >= 4 is 0 Å². The number of hydrogen-bond acceptors (Lipinski definition) is 2. The molecule has 0 radical (unpaired) electrons. The molecule has 3 nitrogen and oxygen atoms in total. The summed E-state index contributed by atoms with van der Waals surface area (Å²) in [5.41, 5.74) is 9.09. The van der Waals surface area contributed by atoms with E-state index >= 15 is 0 Å². The Labute approximate surface area is 109 Å². The lowest BCUT2D eigenvalue weighted by molar-refractivity contribution is 0.647. The summed E-state index contributed by atoms with van der Waals surface area (Å²) in [5.74, 6) is 0.694. The maximum absolute atomic E-state index is 5.53. The van der Waals surface area contributed by atoms with E-state index < -0.39 is 0 Å². The summed E-state index contributed by atoms with van der Waals surface area (Å²) >= 11 is 0. The Morgan fingerprint density at radius 1 is 1.22 bits per heavy atom. The van der Waals surface area contributed by atoms with E-state index in [0.717, 1.165) is 18.7 Å². The SMILES string of the molecule is CC(C)Cc1ccc(-c2cn(CCN)cn2)cc1. The van der Waals surface area contributed by atoms with Gasteiger partial charge < -0.3 is 10.3 Å². The average Bonchev–Trinajstić information content (AvgIpc) is 2.78. The van der Waals surface area contributed by atoms with E-state index in [2.05, 4.69) is 43.1 Å². The summed E-state index contributed by atoms with van der Waals surface area (Å²) in [5, 5.41) is 0. The fourth-order valence-electron chi connectivity index (χ4n) is 2.06. The number of hydrogen-bond donors (Lipinski definition) is 1. The molecule has 0 saturated carbocycles. The first-order valence-corrected chi connectivity index (χ1v) is 6.50. The minimum atomic E-state index is 0.642. The van der Waals surface area contributed by atoms with Crippen LogP contribution in [0.15, 0.2) is 36.8 Å². The monoisotopic (exact) mass is 243 g/mol. The van der Waals surface area contributed by atoms with Crippen LogP contribution >= 0.6 is 0 Å². The highest BCUT2D eigenvalue weighted by Crippen LogP contribution is 2.18. The Balaban J connectivity index is 2.12. The number of aromatic nitrogens is 2. The van der Waals surface area contributed by atoms with E-state index in [0.29, 0.717) is 12.5 Å². The summed E-state index contributed by atoms with van der Waals surface area (Å²) in [4.78, 5) is 4.40. The molecule has 0 aliphatic rings. The number of nitrogens with two attached hydrogens (primary N) is 1. The van der Waals surface area contributed by atoms with Gasteiger partial charge in [-0.3, -0.25) is 0 Å². The molecule has 0 unspecified atom stereocenters. The minimum absolute atomic E-state index is 0.642. The van der Waals surface area contributed by atoms with Gasteiger partial charge in [0.15, 0.2) is 0 Å². The van der Waals surface area contributed by atoms with Gasteiger partial charge in [0.1, 0.15) is 0 Å². The smallest absolute Gasteiger partial charge is 0.0954 e. The summed E-state index contributed by atoms with van der Waals surface area (Å²) in [7, 11) is 0. The molecule has 0 spiro atoms. The molecule has 2 aromatic rings. The van der Waals surface area contributed by atoms with Gasteiger partial charge in [0, 0.05) is 24.8 Å². The second-order valence-electron chi connectivity index (χ2n) is 5.08. The highest BCUT2D eigenvalue weighted by molar-refractivity contribution is 5.58. The predicted molar refractivity (Wildman–Crippen MR) is 75.3 cm³/mol. The molecule has 0 aliphatic carbocycles. The Morgan fingerprint density at radius 3 is 2.56 bits per heavy atom. The first kappa shape index (κ1) is 12.8. The highest BCUT2D eigenvalue weighted by atomic mass is 15.0. The van der Waals surface area contributed by atoms with Gasteiger partial charge in [-0.2, -0.15) is 0 Å². The molecule has 0 fully saturated rings. The van der Waals surface area contributed by atoms with Gasteiger partial charge in [0.2, 0.25) is 0 Å². The van der Waals surface area contributed by atoms with E-state index in [-0.39, 0.29) is 0 Å². The summed E-state index contributed by atoms with van der Waals surface area (Å²) < 4.78 is 2.03. The van der Waals surface area contributed by atoms with Crippen LogP contribution in [0, 0.1) is 5.92 Å². The zero-order valence-electron chi connectivity index (χ0n) is 11.1. The van der Waals surface area contributed by atoms with Gasteiger partial charge in [-0.1, -0.05) is 38.1 Å². The molecule has 0 aliphatic heterocycles. The number of imidazole rings is 1. The maximum Gasteiger partial charge on any atom is 0.0954 e. The van der Waals surface area contributed by atoms with Crippen LogP contribution in [0.2, 0.25) is 0 Å². The topological polar surface area (TPSA) is 43.8 Å². The van der Waals surface area contributed by atoms with Crippen LogP contribution in [0.3, 0.4) is 0 Å². The van der Waals surface area contributed by atoms with Gasteiger partial charge in [0.05, 0.1) is 12.0 Å². The Morgan fingerprint density at radius 2 is 1.94 bits per heavy atom. The van der Waals surface area contributed by atoms with Crippen LogP contribution in [0.5, 0.6) is 0 Å². The normalized spacial score (nSPS) is 11.1. The Bertz CT molecular complexity index is 483. The van der Waals surface area contributed by atoms with Gasteiger partial charge in [-0.25, -0.2) is 4.98 Å². The lowest BCUT2D eigenvalue weighted by Crippen LogP contribution is -2.07. The molecule has 3 heteroatoms. The summed E-state index contributed by atoms with van der Waals surface area (Å²) in [6.07, 6.45) is 5.01. The fourth-order valence-corrected chi connectivity index (χ4v) is 2.06. The minimum Gasteiger partial charge on any atom is -0.336 e. The standard InChI is InChI=1S/C15H21N3/c1-12(2)9-13-3-5-14(6-4-13)15-10-18(8-7-16)11-17-15/h3-6,10-12H,7-9,16H2,1-2H3. The van der Waals surface area contributed by atoms with Gasteiger partial charge in [0.25, 0.3) is 0 Å². The largest absolute Gasteiger partial charge is 0.336 e. The van der Waals surface area contributed by atoms with Crippen LogP contribution in [0.1, 0.15) is 19.4 Å². The molecule has 0 saturated heterocycles. The summed E-state index contributed by atoms with van der Waals surface area (Å²) in [6.45, 7) is 5.94. The lowest BCUT2D eigenvalue weighted by Gasteiger charge is -2.05. The van der Waals surface area contributed by atoms with Crippen LogP contribution in [-0.4, -0.2) is 16.1 Å². The predicted octanol–water partition coefficient (Wildman–Crippen LogP) is 2.71. The zero-order chi connectivity index (χ0) is 13.0. The number of benzene rings is 1. The van der Waals surface area contributed by atoms with Crippen molar-refractivity contribution in [1.29, 1.82) is 0 Å². The van der Waals surface area contributed by atoms with Crippen LogP contribution < -0.4 is 5.73 Å². The maximum atomic E-state index is 5.53. The van der Waals surface area contributed by atoms with E-state index in [1.807, 2.05) is 17.1 Å². The molecule has 0 bridgehead atoms. The number of rotatable bonds is 5. The van der Waals surface area contributed by atoms with Crippen molar-refractivity contribution in [2.75, 3.05) is 6.54 Å². The van der Waals surface area contributed by atoms with Crippen molar-refractivity contribution in [2.24, 2.45) is 11.7 Å². The lowest BCUT2D eigenvalue weighted by atomic mass is 10.0. The zero-order valence-corrected chi connectivity index (χ0v) is 11.1. The van der Waals surface area contributed by atoms with E-state index in [1.165, 1.54) is 11.1 Å². The molecule has 0 atom stereocenters. The molecule has 18 heavy (non-hydrogen) atoms. The molecular formula is C15H21N3. The molecule has 0 amide bonds. The fraction of sp³-hybridized carbons (Fsp3) is 0.400. The third-order valence-corrected chi connectivity index (χ3v) is 2.91. The van der Waals surface area contributed by atoms with Gasteiger partial charge >= 0.3 is 0 Å². The van der Waals surface area contributed by atoms with E-state index in [4.69, 9.17) is 5.73 Å². The molecule has 1 aromatic carbocycles. The quantitative estimate of drug-likeness (QED) is 0.877. The van der Waals surface area contributed by atoms with Crippen molar-refractivity contribution in [3.8, 4) is 11.3 Å². The van der Waals surface area contributed by atoms with Crippen molar-refractivity contribution in [2.45, 2.75) is 26.8 Å². The van der Waals surface area contributed by atoms with Crippen molar-refractivity contribution in [3.63, 3.8) is 0 Å². The molecule has 2 N–H and O–H groups in total. The molecule has 2 rings (SSSR count).